The molecular weight excluding hydrogens is 942 g/mol. The van der Waals surface area contributed by atoms with E-state index in [0.29, 0.717) is 17.4 Å². The highest BCUT2D eigenvalue weighted by Crippen LogP contribution is 2.43. The molecule has 0 aliphatic rings. The van der Waals surface area contributed by atoms with E-state index in [1.54, 1.807) is 0 Å². The number of nitrogens with zero attached hydrogens (tertiary/aromatic N) is 1. The third-order valence-electron chi connectivity index (χ3n) is 13.5. The van der Waals surface area contributed by atoms with Crippen LogP contribution in [-0.4, -0.2) is 74.9 Å². The van der Waals surface area contributed by atoms with Crippen LogP contribution in [0.1, 0.15) is 284 Å². The van der Waals surface area contributed by atoms with E-state index < -0.39 is 26.5 Å². The summed E-state index contributed by atoms with van der Waals surface area (Å²) < 4.78 is 34.6. The van der Waals surface area contributed by atoms with E-state index >= 15 is 0 Å². The maximum atomic E-state index is 12.8. The lowest BCUT2D eigenvalue weighted by Crippen LogP contribution is -2.37. The molecule has 0 rings (SSSR count). The number of hydrogen-bond acceptors (Lipinski definition) is 7. The van der Waals surface area contributed by atoms with Gasteiger partial charge in [0.1, 0.15) is 19.8 Å². The molecule has 0 aromatic rings. The van der Waals surface area contributed by atoms with Gasteiger partial charge in [-0.15, -0.1) is 0 Å². The Balaban J connectivity index is 4.06. The SMILES string of the molecule is CC/C=C\C/C=C\C/C=C\C/C=C\CCCCCCCCCCCCCCCCCCCCC(=O)OC(COC(=O)CCCCCCCCCCC/C=C\CCCCCCCC)COP(=O)(O)OCC[N+](C)(C)C. The second kappa shape index (κ2) is 55.5. The van der Waals surface area contributed by atoms with E-state index in [1.165, 1.54) is 193 Å². The summed E-state index contributed by atoms with van der Waals surface area (Å²) in [5.74, 6) is -0.788. The number of likely N-dealkylation sites (N-methyl/N-ethyl adjacent to an activating group) is 1. The first-order chi connectivity index (χ1) is 36.0. The Kier molecular flexibility index (Phi) is 53.7. The molecule has 0 radical (unpaired) electrons. The molecule has 0 aliphatic heterocycles. The van der Waals surface area contributed by atoms with Gasteiger partial charge in [-0.3, -0.25) is 18.6 Å². The molecule has 0 saturated heterocycles. The van der Waals surface area contributed by atoms with E-state index in [2.05, 4.69) is 74.6 Å². The first-order valence-corrected chi connectivity index (χ1v) is 32.5. The largest absolute Gasteiger partial charge is 0.472 e. The fourth-order valence-electron chi connectivity index (χ4n) is 8.77. The zero-order chi connectivity index (χ0) is 54.2. The highest BCUT2D eigenvalue weighted by Gasteiger charge is 2.27. The van der Waals surface area contributed by atoms with Gasteiger partial charge in [0.05, 0.1) is 27.7 Å². The molecule has 2 atom stereocenters. The summed E-state index contributed by atoms with van der Waals surface area (Å²) in [7, 11) is 1.48. The molecule has 0 aromatic carbocycles. The van der Waals surface area contributed by atoms with Crippen molar-refractivity contribution in [3.63, 3.8) is 0 Å². The number of phosphoric ester groups is 1. The van der Waals surface area contributed by atoms with Crippen molar-refractivity contribution in [2.24, 2.45) is 0 Å². The molecule has 2 unspecified atom stereocenters. The molecule has 0 aliphatic carbocycles. The molecular formula is C64H119NO8P+. The fourth-order valence-corrected chi connectivity index (χ4v) is 9.51. The second-order valence-electron chi connectivity index (χ2n) is 22.1. The van der Waals surface area contributed by atoms with Crippen LogP contribution in [0.5, 0.6) is 0 Å². The number of carbonyl (C=O) groups is 2. The summed E-state index contributed by atoms with van der Waals surface area (Å²) in [5.41, 5.74) is 0. The predicted octanol–water partition coefficient (Wildman–Crippen LogP) is 19.5. The lowest BCUT2D eigenvalue weighted by Gasteiger charge is -2.24. The average Bonchev–Trinajstić information content (AvgIpc) is 3.36. The van der Waals surface area contributed by atoms with Crippen molar-refractivity contribution in [3.8, 4) is 0 Å². The van der Waals surface area contributed by atoms with Gasteiger partial charge < -0.3 is 18.9 Å². The van der Waals surface area contributed by atoms with Crippen LogP contribution in [-0.2, 0) is 32.7 Å². The number of unbranched alkanes of at least 4 members (excludes halogenated alkanes) is 33. The summed E-state index contributed by atoms with van der Waals surface area (Å²) in [6, 6.07) is 0. The second-order valence-corrected chi connectivity index (χ2v) is 23.5. The molecule has 10 heteroatoms. The first-order valence-electron chi connectivity index (χ1n) is 31.0. The summed E-state index contributed by atoms with van der Waals surface area (Å²) in [6.07, 6.45) is 71.6. The standard InChI is InChI=1S/C64H118NO8P/c1-6-8-10-12-14-16-18-20-22-24-26-27-28-29-30-31-32-33-34-35-36-37-39-41-43-45-47-49-51-53-55-57-64(67)73-62(61-72-74(68,69)71-59-58-65(3,4)5)60-70-63(66)56-54-52-50-48-46-44-42-40-38-25-23-21-19-17-15-13-11-9-7-2/h8,10,14,16,20-23,26-27,62H,6-7,9,11-13,15,17-19,24-25,28-61H2,1-5H3/p+1/b10-8-,16-14-,22-20-,23-21-,27-26-. The highest BCUT2D eigenvalue weighted by molar-refractivity contribution is 7.47. The van der Waals surface area contributed by atoms with Crippen LogP contribution in [0.2, 0.25) is 0 Å². The minimum atomic E-state index is -4.39. The molecule has 432 valence electrons. The molecule has 1 N–H and O–H groups in total. The number of ether oxygens (including phenoxy) is 2. The van der Waals surface area contributed by atoms with Gasteiger partial charge in [-0.25, -0.2) is 4.57 Å². The number of quaternary nitrogens is 1. The van der Waals surface area contributed by atoms with Gasteiger partial charge in [0.2, 0.25) is 0 Å². The number of esters is 2. The summed E-state index contributed by atoms with van der Waals surface area (Å²) >= 11 is 0. The van der Waals surface area contributed by atoms with E-state index in [-0.39, 0.29) is 32.0 Å². The van der Waals surface area contributed by atoms with E-state index in [9.17, 15) is 19.0 Å². The molecule has 0 amide bonds. The summed E-state index contributed by atoms with van der Waals surface area (Å²) in [6.45, 7) is 4.35. The summed E-state index contributed by atoms with van der Waals surface area (Å²) in [5, 5.41) is 0. The minimum absolute atomic E-state index is 0.0318. The van der Waals surface area contributed by atoms with Crippen molar-refractivity contribution in [1.29, 1.82) is 0 Å². The van der Waals surface area contributed by atoms with Crippen molar-refractivity contribution in [1.82, 2.24) is 0 Å². The van der Waals surface area contributed by atoms with Gasteiger partial charge in [-0.05, 0) is 77.0 Å². The zero-order valence-corrected chi connectivity index (χ0v) is 50.0. The molecule has 0 fully saturated rings. The monoisotopic (exact) mass is 1060 g/mol. The Morgan fingerprint density at radius 3 is 1.16 bits per heavy atom. The average molecular weight is 1060 g/mol. The smallest absolute Gasteiger partial charge is 0.462 e. The van der Waals surface area contributed by atoms with Crippen molar-refractivity contribution >= 4 is 19.8 Å². The molecule has 0 saturated carbocycles. The Morgan fingerprint density at radius 2 is 0.770 bits per heavy atom. The van der Waals surface area contributed by atoms with Gasteiger partial charge in [0.25, 0.3) is 0 Å². The van der Waals surface area contributed by atoms with Crippen LogP contribution < -0.4 is 0 Å². The van der Waals surface area contributed by atoms with Crippen molar-refractivity contribution in [3.05, 3.63) is 60.8 Å². The number of rotatable bonds is 57. The minimum Gasteiger partial charge on any atom is -0.462 e. The molecule has 9 nitrogen and oxygen atoms in total. The Bertz CT molecular complexity index is 1430. The van der Waals surface area contributed by atoms with Crippen molar-refractivity contribution in [2.45, 2.75) is 290 Å². The summed E-state index contributed by atoms with van der Waals surface area (Å²) in [4.78, 5) is 35.7. The van der Waals surface area contributed by atoms with Crippen molar-refractivity contribution in [2.75, 3.05) is 47.5 Å². The van der Waals surface area contributed by atoms with Crippen LogP contribution >= 0.6 is 7.82 Å². The molecule has 0 spiro atoms. The van der Waals surface area contributed by atoms with Gasteiger partial charge in [-0.1, -0.05) is 254 Å². The normalized spacial score (nSPS) is 13.6. The van der Waals surface area contributed by atoms with Crippen molar-refractivity contribution < 1.29 is 42.1 Å². The lowest BCUT2D eigenvalue weighted by molar-refractivity contribution is -0.870. The third kappa shape index (κ3) is 59.0. The number of allylic oxidation sites excluding steroid dienone is 10. The first kappa shape index (κ1) is 71.7. The van der Waals surface area contributed by atoms with E-state index in [4.69, 9.17) is 18.5 Å². The third-order valence-corrected chi connectivity index (χ3v) is 14.5. The maximum Gasteiger partial charge on any atom is 0.472 e. The molecule has 0 bridgehead atoms. The maximum absolute atomic E-state index is 12.8. The zero-order valence-electron chi connectivity index (χ0n) is 49.1. The number of phosphoric acid groups is 1. The number of hydrogen-bond donors (Lipinski definition) is 1. The Morgan fingerprint density at radius 1 is 0.432 bits per heavy atom. The molecule has 74 heavy (non-hydrogen) atoms. The van der Waals surface area contributed by atoms with Crippen LogP contribution in [0, 0.1) is 0 Å². The van der Waals surface area contributed by atoms with Gasteiger partial charge >= 0.3 is 19.8 Å². The molecule has 0 aromatic heterocycles. The lowest BCUT2D eigenvalue weighted by atomic mass is 10.0. The van der Waals surface area contributed by atoms with Gasteiger partial charge in [0.15, 0.2) is 6.10 Å². The van der Waals surface area contributed by atoms with Crippen LogP contribution in [0.15, 0.2) is 60.8 Å². The van der Waals surface area contributed by atoms with Gasteiger partial charge in [0, 0.05) is 12.8 Å². The fraction of sp³-hybridized carbons (Fsp3) is 0.812. The van der Waals surface area contributed by atoms with E-state index in [0.717, 1.165) is 57.8 Å². The highest BCUT2D eigenvalue weighted by atomic mass is 31.2. The van der Waals surface area contributed by atoms with Crippen LogP contribution in [0.4, 0.5) is 0 Å². The quantitative estimate of drug-likeness (QED) is 0.0211. The van der Waals surface area contributed by atoms with E-state index in [1.807, 2.05) is 21.1 Å². The topological polar surface area (TPSA) is 108 Å². The van der Waals surface area contributed by atoms with Gasteiger partial charge in [-0.2, -0.15) is 0 Å². The Labute approximate surface area is 457 Å². The van der Waals surface area contributed by atoms with Crippen LogP contribution in [0.3, 0.4) is 0 Å². The Hall–Kier alpha value is -2.29. The molecule has 0 heterocycles. The predicted molar refractivity (Wildman–Crippen MR) is 316 cm³/mol. The number of carbonyl (C=O) groups excluding carboxylic acids is 2. The van der Waals surface area contributed by atoms with Crippen LogP contribution in [0.25, 0.3) is 0 Å².